The van der Waals surface area contributed by atoms with E-state index in [1.807, 2.05) is 25.1 Å². The Morgan fingerprint density at radius 3 is 2.85 bits per heavy atom. The van der Waals surface area contributed by atoms with E-state index in [1.165, 1.54) is 0 Å². The number of likely N-dealkylation sites (N-methyl/N-ethyl adjacent to an activating group) is 1. The van der Waals surface area contributed by atoms with E-state index in [0.29, 0.717) is 13.0 Å². The molecule has 2 rings (SSSR count). The standard InChI is InChI=1S/C15H22N2O3/c1-16(2)9-12-8-14(19)10-17(12)15(20)7-11-4-3-5-13(18)6-11/h3-6,12,14,18-19H,7-10H2,1-2H3. The highest BCUT2D eigenvalue weighted by Gasteiger charge is 2.34. The second-order valence-electron chi connectivity index (χ2n) is 5.70. The van der Waals surface area contributed by atoms with Crippen LogP contribution in [0.5, 0.6) is 5.75 Å². The maximum Gasteiger partial charge on any atom is 0.227 e. The van der Waals surface area contributed by atoms with Gasteiger partial charge in [-0.05, 0) is 38.2 Å². The Bertz CT molecular complexity index is 476. The normalized spacial score (nSPS) is 22.5. The minimum atomic E-state index is -0.437. The summed E-state index contributed by atoms with van der Waals surface area (Å²) in [5.74, 6) is 0.167. The molecule has 1 aromatic carbocycles. The van der Waals surface area contributed by atoms with Crippen LogP contribution in [0, 0.1) is 0 Å². The Kier molecular flexibility index (Phi) is 4.62. The first-order valence-electron chi connectivity index (χ1n) is 6.86. The number of amides is 1. The molecule has 20 heavy (non-hydrogen) atoms. The summed E-state index contributed by atoms with van der Waals surface area (Å²) in [5, 5.41) is 19.2. The van der Waals surface area contributed by atoms with Crippen LogP contribution in [0.15, 0.2) is 24.3 Å². The van der Waals surface area contributed by atoms with E-state index >= 15 is 0 Å². The number of benzene rings is 1. The van der Waals surface area contributed by atoms with Crippen molar-refractivity contribution < 1.29 is 15.0 Å². The van der Waals surface area contributed by atoms with Crippen LogP contribution < -0.4 is 0 Å². The fourth-order valence-corrected chi connectivity index (χ4v) is 2.73. The van der Waals surface area contributed by atoms with Crippen molar-refractivity contribution in [1.82, 2.24) is 9.80 Å². The van der Waals surface area contributed by atoms with Crippen molar-refractivity contribution >= 4 is 5.91 Å². The van der Waals surface area contributed by atoms with E-state index in [4.69, 9.17) is 0 Å². The molecule has 1 aromatic rings. The topological polar surface area (TPSA) is 64.0 Å². The van der Waals surface area contributed by atoms with Gasteiger partial charge >= 0.3 is 0 Å². The number of carbonyl (C=O) groups excluding carboxylic acids is 1. The first-order valence-corrected chi connectivity index (χ1v) is 6.86. The monoisotopic (exact) mass is 278 g/mol. The van der Waals surface area contributed by atoms with Crippen molar-refractivity contribution in [2.75, 3.05) is 27.2 Å². The summed E-state index contributed by atoms with van der Waals surface area (Å²) in [6, 6.07) is 6.80. The number of β-amino-alcohol motifs (C(OH)–C–C–N with tert-alkyl or cyclic N) is 1. The van der Waals surface area contributed by atoms with Crippen molar-refractivity contribution in [2.45, 2.75) is 25.0 Å². The van der Waals surface area contributed by atoms with Crippen molar-refractivity contribution in [1.29, 1.82) is 0 Å². The third-order valence-corrected chi connectivity index (χ3v) is 3.55. The van der Waals surface area contributed by atoms with Crippen LogP contribution in [0.4, 0.5) is 0 Å². The highest BCUT2D eigenvalue weighted by atomic mass is 16.3. The van der Waals surface area contributed by atoms with Crippen LogP contribution in [0.2, 0.25) is 0 Å². The molecule has 1 saturated heterocycles. The van der Waals surface area contributed by atoms with E-state index in [-0.39, 0.29) is 24.1 Å². The summed E-state index contributed by atoms with van der Waals surface area (Å²) in [6.45, 7) is 1.15. The first-order chi connectivity index (χ1) is 9.45. The Balaban J connectivity index is 2.03. The summed E-state index contributed by atoms with van der Waals surface area (Å²) < 4.78 is 0. The second kappa shape index (κ2) is 6.24. The van der Waals surface area contributed by atoms with Gasteiger partial charge in [0.15, 0.2) is 0 Å². The first kappa shape index (κ1) is 14.8. The third kappa shape index (κ3) is 3.71. The van der Waals surface area contributed by atoms with Crippen LogP contribution in [0.25, 0.3) is 0 Å². The van der Waals surface area contributed by atoms with E-state index < -0.39 is 6.10 Å². The zero-order valence-corrected chi connectivity index (χ0v) is 12.0. The molecule has 5 nitrogen and oxygen atoms in total. The zero-order valence-electron chi connectivity index (χ0n) is 12.0. The fourth-order valence-electron chi connectivity index (χ4n) is 2.73. The summed E-state index contributed by atoms with van der Waals surface area (Å²) in [5.41, 5.74) is 0.792. The minimum Gasteiger partial charge on any atom is -0.508 e. The number of aromatic hydroxyl groups is 1. The number of hydrogen-bond donors (Lipinski definition) is 2. The van der Waals surface area contributed by atoms with Gasteiger partial charge in [0.25, 0.3) is 0 Å². The quantitative estimate of drug-likeness (QED) is 0.840. The molecule has 110 valence electrons. The smallest absolute Gasteiger partial charge is 0.227 e. The van der Waals surface area contributed by atoms with Crippen molar-refractivity contribution in [3.8, 4) is 5.75 Å². The summed E-state index contributed by atoms with van der Waals surface area (Å²) in [4.78, 5) is 16.2. The zero-order chi connectivity index (χ0) is 14.7. The molecule has 0 spiro atoms. The van der Waals surface area contributed by atoms with Crippen molar-refractivity contribution in [3.63, 3.8) is 0 Å². The minimum absolute atomic E-state index is 0.000926. The number of likely N-dealkylation sites (tertiary alicyclic amines) is 1. The molecule has 1 aliphatic heterocycles. The molecule has 2 N–H and O–H groups in total. The average molecular weight is 278 g/mol. The molecule has 0 saturated carbocycles. The number of phenols is 1. The summed E-state index contributed by atoms with van der Waals surface area (Å²) in [7, 11) is 3.92. The van der Waals surface area contributed by atoms with Crippen LogP contribution >= 0.6 is 0 Å². The fraction of sp³-hybridized carbons (Fsp3) is 0.533. The molecule has 0 bridgehead atoms. The maximum atomic E-state index is 12.4. The van der Waals surface area contributed by atoms with Gasteiger partial charge in [0.1, 0.15) is 5.75 Å². The number of rotatable bonds is 4. The van der Waals surface area contributed by atoms with Crippen molar-refractivity contribution in [2.24, 2.45) is 0 Å². The second-order valence-corrected chi connectivity index (χ2v) is 5.70. The van der Waals surface area contributed by atoms with Crippen LogP contribution in [0.3, 0.4) is 0 Å². The number of aliphatic hydroxyl groups excluding tert-OH is 1. The van der Waals surface area contributed by atoms with Gasteiger partial charge in [0.05, 0.1) is 12.5 Å². The van der Waals surface area contributed by atoms with Gasteiger partial charge in [0, 0.05) is 19.1 Å². The van der Waals surface area contributed by atoms with Crippen molar-refractivity contribution in [3.05, 3.63) is 29.8 Å². The SMILES string of the molecule is CN(C)CC1CC(O)CN1C(=O)Cc1cccc(O)c1. The number of phenolic OH excluding ortho intramolecular Hbond substituents is 1. The molecule has 1 amide bonds. The summed E-state index contributed by atoms with van der Waals surface area (Å²) in [6.07, 6.45) is 0.447. The molecule has 5 heteroatoms. The lowest BCUT2D eigenvalue weighted by molar-refractivity contribution is -0.131. The largest absolute Gasteiger partial charge is 0.508 e. The molecule has 1 heterocycles. The molecular formula is C15H22N2O3. The number of nitrogens with zero attached hydrogens (tertiary/aromatic N) is 2. The Morgan fingerprint density at radius 2 is 2.20 bits per heavy atom. The number of hydrogen-bond acceptors (Lipinski definition) is 4. The molecule has 1 aliphatic rings. The molecule has 1 fully saturated rings. The Morgan fingerprint density at radius 1 is 1.45 bits per heavy atom. The van der Waals surface area contributed by atoms with Gasteiger partial charge in [-0.25, -0.2) is 0 Å². The lowest BCUT2D eigenvalue weighted by Crippen LogP contribution is -2.42. The predicted octanol–water partition coefficient (Wildman–Crippen LogP) is 0.458. The van der Waals surface area contributed by atoms with Gasteiger partial charge < -0.3 is 20.0 Å². The highest BCUT2D eigenvalue weighted by molar-refractivity contribution is 5.79. The molecule has 0 aliphatic carbocycles. The van der Waals surface area contributed by atoms with Gasteiger partial charge in [-0.15, -0.1) is 0 Å². The van der Waals surface area contributed by atoms with Crippen LogP contribution in [-0.2, 0) is 11.2 Å². The van der Waals surface area contributed by atoms with Crippen LogP contribution in [-0.4, -0.2) is 65.3 Å². The summed E-state index contributed by atoms with van der Waals surface area (Å²) >= 11 is 0. The third-order valence-electron chi connectivity index (χ3n) is 3.55. The lowest BCUT2D eigenvalue weighted by atomic mass is 10.1. The lowest BCUT2D eigenvalue weighted by Gasteiger charge is -2.27. The van der Waals surface area contributed by atoms with E-state index in [1.54, 1.807) is 23.1 Å². The van der Waals surface area contributed by atoms with E-state index in [2.05, 4.69) is 0 Å². The van der Waals surface area contributed by atoms with E-state index in [9.17, 15) is 15.0 Å². The molecule has 2 atom stereocenters. The van der Waals surface area contributed by atoms with Gasteiger partial charge in [0.2, 0.25) is 5.91 Å². The van der Waals surface area contributed by atoms with Gasteiger partial charge in [-0.1, -0.05) is 12.1 Å². The molecule has 0 radical (unpaired) electrons. The molecule has 2 unspecified atom stereocenters. The van der Waals surface area contributed by atoms with E-state index in [0.717, 1.165) is 12.1 Å². The van der Waals surface area contributed by atoms with Gasteiger partial charge in [-0.2, -0.15) is 0 Å². The van der Waals surface area contributed by atoms with Crippen LogP contribution in [0.1, 0.15) is 12.0 Å². The predicted molar refractivity (Wildman–Crippen MR) is 76.5 cm³/mol. The molecule has 0 aromatic heterocycles. The maximum absolute atomic E-state index is 12.4. The Labute approximate surface area is 119 Å². The Hall–Kier alpha value is -1.59. The molecular weight excluding hydrogens is 256 g/mol. The average Bonchev–Trinajstić information content (AvgIpc) is 2.69. The number of aliphatic hydroxyl groups is 1. The highest BCUT2D eigenvalue weighted by Crippen LogP contribution is 2.20. The number of carbonyl (C=O) groups is 1. The van der Waals surface area contributed by atoms with Gasteiger partial charge in [-0.3, -0.25) is 4.79 Å².